The van der Waals surface area contributed by atoms with Crippen molar-refractivity contribution in [1.29, 1.82) is 0 Å². The quantitative estimate of drug-likeness (QED) is 0.480. The summed E-state index contributed by atoms with van der Waals surface area (Å²) in [6.45, 7) is 6.55. The molecular weight excluding hydrogens is 346 g/mol. The van der Waals surface area contributed by atoms with Crippen molar-refractivity contribution in [2.24, 2.45) is 11.8 Å². The standard InChI is InChI=1S/C19H37N5OS/c1-4-8-16(11-13-25)15-20-19(5-2,17-9-6-10-17)18-21-22-23-24(18)12-7-14-26-3/h16-17,20,25H,4-15H2,1-3H3. The van der Waals surface area contributed by atoms with Gasteiger partial charge in [-0.1, -0.05) is 26.7 Å². The molecule has 0 bridgehead atoms. The third-order valence-corrected chi connectivity index (χ3v) is 6.65. The molecule has 1 fully saturated rings. The first-order chi connectivity index (χ1) is 12.7. The number of aryl methyl sites for hydroxylation is 1. The fraction of sp³-hybridized carbons (Fsp3) is 0.947. The lowest BCUT2D eigenvalue weighted by Crippen LogP contribution is -2.53. The Morgan fingerprint density at radius 3 is 2.73 bits per heavy atom. The van der Waals surface area contributed by atoms with Crippen molar-refractivity contribution in [1.82, 2.24) is 25.5 Å². The van der Waals surface area contributed by atoms with E-state index in [4.69, 9.17) is 0 Å². The van der Waals surface area contributed by atoms with E-state index < -0.39 is 0 Å². The molecule has 1 aliphatic rings. The van der Waals surface area contributed by atoms with Gasteiger partial charge >= 0.3 is 0 Å². The van der Waals surface area contributed by atoms with Gasteiger partial charge in [0.1, 0.15) is 0 Å². The Morgan fingerprint density at radius 1 is 1.35 bits per heavy atom. The number of hydrogen-bond acceptors (Lipinski definition) is 6. The van der Waals surface area contributed by atoms with Gasteiger partial charge in [-0.05, 0) is 79.3 Å². The molecule has 26 heavy (non-hydrogen) atoms. The van der Waals surface area contributed by atoms with Crippen molar-refractivity contribution in [3.05, 3.63) is 5.82 Å². The zero-order valence-electron chi connectivity index (χ0n) is 16.8. The van der Waals surface area contributed by atoms with Gasteiger partial charge in [0.15, 0.2) is 5.82 Å². The van der Waals surface area contributed by atoms with Gasteiger partial charge in [-0.2, -0.15) is 11.8 Å². The van der Waals surface area contributed by atoms with Crippen LogP contribution in [0.4, 0.5) is 0 Å². The number of nitrogens with one attached hydrogen (secondary N) is 1. The summed E-state index contributed by atoms with van der Waals surface area (Å²) in [5.41, 5.74) is -0.136. The molecule has 2 rings (SSSR count). The molecule has 1 heterocycles. The monoisotopic (exact) mass is 383 g/mol. The Labute approximate surface area is 162 Å². The van der Waals surface area contributed by atoms with E-state index in [1.165, 1.54) is 19.3 Å². The molecule has 6 nitrogen and oxygen atoms in total. The first kappa shape index (κ1) is 21.6. The van der Waals surface area contributed by atoms with Gasteiger partial charge in [0.25, 0.3) is 0 Å². The summed E-state index contributed by atoms with van der Waals surface area (Å²) in [4.78, 5) is 0. The third kappa shape index (κ3) is 5.20. The number of nitrogens with zero attached hydrogens (tertiary/aromatic N) is 4. The van der Waals surface area contributed by atoms with Crippen molar-refractivity contribution in [2.45, 2.75) is 77.3 Å². The number of aliphatic hydroxyl groups is 1. The van der Waals surface area contributed by atoms with E-state index in [2.05, 4.69) is 40.9 Å². The molecule has 2 N–H and O–H groups in total. The molecule has 7 heteroatoms. The molecule has 2 atom stereocenters. The molecule has 150 valence electrons. The van der Waals surface area contributed by atoms with Crippen LogP contribution in [0.15, 0.2) is 0 Å². The summed E-state index contributed by atoms with van der Waals surface area (Å²) in [5.74, 6) is 3.26. The average molecular weight is 384 g/mol. The van der Waals surface area contributed by atoms with Crippen molar-refractivity contribution in [3.63, 3.8) is 0 Å². The number of rotatable bonds is 14. The van der Waals surface area contributed by atoms with Crippen LogP contribution in [0.3, 0.4) is 0 Å². The van der Waals surface area contributed by atoms with Crippen molar-refractivity contribution in [3.8, 4) is 0 Å². The van der Waals surface area contributed by atoms with Crippen LogP contribution in [0, 0.1) is 11.8 Å². The van der Waals surface area contributed by atoms with E-state index in [1.54, 1.807) is 0 Å². The second-order valence-corrected chi connectivity index (χ2v) is 8.56. The van der Waals surface area contributed by atoms with E-state index in [1.807, 2.05) is 16.4 Å². The van der Waals surface area contributed by atoms with E-state index in [9.17, 15) is 5.11 Å². The lowest BCUT2D eigenvalue weighted by atomic mass is 9.68. The smallest absolute Gasteiger partial charge is 0.171 e. The number of aliphatic hydroxyl groups excluding tert-OH is 1. The molecule has 1 aliphatic carbocycles. The SMILES string of the molecule is CCCC(CCO)CNC(CC)(c1nnnn1CCCSC)C1CCC1. The van der Waals surface area contributed by atoms with E-state index in [-0.39, 0.29) is 12.1 Å². The van der Waals surface area contributed by atoms with Crippen molar-refractivity contribution >= 4 is 11.8 Å². The maximum atomic E-state index is 9.40. The highest BCUT2D eigenvalue weighted by molar-refractivity contribution is 7.98. The van der Waals surface area contributed by atoms with Gasteiger partial charge in [-0.25, -0.2) is 4.68 Å². The van der Waals surface area contributed by atoms with Gasteiger partial charge in [0, 0.05) is 13.2 Å². The zero-order chi connectivity index (χ0) is 18.8. The Bertz CT molecular complexity index is 502. The molecule has 1 aromatic rings. The summed E-state index contributed by atoms with van der Waals surface area (Å²) in [5, 5.41) is 26.1. The molecule has 1 aromatic heterocycles. The first-order valence-corrected chi connectivity index (χ1v) is 11.7. The molecule has 0 aliphatic heterocycles. The summed E-state index contributed by atoms with van der Waals surface area (Å²) in [6, 6.07) is 0. The van der Waals surface area contributed by atoms with E-state index in [0.717, 1.165) is 56.8 Å². The molecule has 1 saturated carbocycles. The summed E-state index contributed by atoms with van der Waals surface area (Å²) < 4.78 is 2.03. The minimum atomic E-state index is -0.136. The van der Waals surface area contributed by atoms with Gasteiger partial charge < -0.3 is 10.4 Å². The zero-order valence-corrected chi connectivity index (χ0v) is 17.6. The molecule has 2 unspecified atom stereocenters. The number of thioether (sulfide) groups is 1. The largest absolute Gasteiger partial charge is 0.396 e. The normalized spacial score (nSPS) is 18.5. The maximum Gasteiger partial charge on any atom is 0.171 e. The third-order valence-electron chi connectivity index (χ3n) is 5.95. The predicted molar refractivity (Wildman–Crippen MR) is 108 cm³/mol. The second-order valence-electron chi connectivity index (χ2n) is 7.57. The van der Waals surface area contributed by atoms with Gasteiger partial charge in [0.2, 0.25) is 0 Å². The topological polar surface area (TPSA) is 75.9 Å². The van der Waals surface area contributed by atoms with E-state index >= 15 is 0 Å². The predicted octanol–water partition coefficient (Wildman–Crippen LogP) is 3.22. The lowest BCUT2D eigenvalue weighted by Gasteiger charge is -2.45. The fourth-order valence-electron chi connectivity index (χ4n) is 4.18. The summed E-state index contributed by atoms with van der Waals surface area (Å²) in [6.07, 6.45) is 11.2. The van der Waals surface area contributed by atoms with Crippen LogP contribution in [-0.4, -0.2) is 50.5 Å². The molecule has 0 spiro atoms. The van der Waals surface area contributed by atoms with Gasteiger partial charge in [-0.3, -0.25) is 0 Å². The van der Waals surface area contributed by atoms with Crippen LogP contribution in [0.5, 0.6) is 0 Å². The Morgan fingerprint density at radius 2 is 2.15 bits per heavy atom. The van der Waals surface area contributed by atoms with Crippen LogP contribution in [-0.2, 0) is 12.1 Å². The number of hydrogen-bond donors (Lipinski definition) is 2. The minimum absolute atomic E-state index is 0.136. The fourth-order valence-corrected chi connectivity index (χ4v) is 4.60. The highest BCUT2D eigenvalue weighted by atomic mass is 32.2. The Balaban J connectivity index is 2.18. The Kier molecular flexibility index (Phi) is 9.36. The summed E-state index contributed by atoms with van der Waals surface area (Å²) in [7, 11) is 0. The Hall–Kier alpha value is -0.660. The average Bonchev–Trinajstić information content (AvgIpc) is 3.06. The van der Waals surface area contributed by atoms with Gasteiger partial charge in [0.05, 0.1) is 5.54 Å². The van der Waals surface area contributed by atoms with Gasteiger partial charge in [-0.15, -0.1) is 5.10 Å². The van der Waals surface area contributed by atoms with Crippen molar-refractivity contribution < 1.29 is 5.11 Å². The van der Waals surface area contributed by atoms with Crippen molar-refractivity contribution in [2.75, 3.05) is 25.2 Å². The van der Waals surface area contributed by atoms with Crippen LogP contribution in [0.1, 0.15) is 71.0 Å². The second kappa shape index (κ2) is 11.2. The minimum Gasteiger partial charge on any atom is -0.396 e. The van der Waals surface area contributed by atoms with Crippen LogP contribution >= 0.6 is 11.8 Å². The molecule has 0 amide bonds. The van der Waals surface area contributed by atoms with Crippen LogP contribution in [0.2, 0.25) is 0 Å². The molecular formula is C19H37N5OS. The highest BCUT2D eigenvalue weighted by Crippen LogP contribution is 2.44. The molecule has 0 radical (unpaired) electrons. The number of aromatic nitrogens is 4. The van der Waals surface area contributed by atoms with E-state index in [0.29, 0.717) is 11.8 Å². The molecule has 0 saturated heterocycles. The lowest BCUT2D eigenvalue weighted by molar-refractivity contribution is 0.0966. The number of tetrazole rings is 1. The molecule has 0 aromatic carbocycles. The van der Waals surface area contributed by atoms with Crippen LogP contribution < -0.4 is 5.32 Å². The maximum absolute atomic E-state index is 9.40. The highest BCUT2D eigenvalue weighted by Gasteiger charge is 2.45. The summed E-state index contributed by atoms with van der Waals surface area (Å²) >= 11 is 1.87. The van der Waals surface area contributed by atoms with Crippen LogP contribution in [0.25, 0.3) is 0 Å². The first-order valence-electron chi connectivity index (χ1n) is 10.3.